The fourth-order valence-corrected chi connectivity index (χ4v) is 2.88. The van der Waals surface area contributed by atoms with Crippen LogP contribution in [0.5, 0.6) is 0 Å². The lowest BCUT2D eigenvalue weighted by atomic mass is 10.1. The van der Waals surface area contributed by atoms with E-state index in [2.05, 4.69) is 36.3 Å². The Balaban J connectivity index is 1.97. The van der Waals surface area contributed by atoms with Crippen LogP contribution >= 0.6 is 11.3 Å². The van der Waals surface area contributed by atoms with Gasteiger partial charge in [-0.1, -0.05) is 23.5 Å². The van der Waals surface area contributed by atoms with Gasteiger partial charge in [-0.2, -0.15) is 0 Å². The Kier molecular flexibility index (Phi) is 5.06. The summed E-state index contributed by atoms with van der Waals surface area (Å²) in [7, 11) is 0. The van der Waals surface area contributed by atoms with Crippen molar-refractivity contribution in [1.82, 2.24) is 15.5 Å². The van der Waals surface area contributed by atoms with E-state index in [9.17, 15) is 4.39 Å². The van der Waals surface area contributed by atoms with Gasteiger partial charge in [0.2, 0.25) is 0 Å². The highest BCUT2D eigenvalue weighted by Gasteiger charge is 2.13. The summed E-state index contributed by atoms with van der Waals surface area (Å²) in [5.41, 5.74) is 1.32. The lowest BCUT2D eigenvalue weighted by Crippen LogP contribution is -2.36. The van der Waals surface area contributed by atoms with Gasteiger partial charge in [-0.25, -0.2) is 4.39 Å². The molecule has 0 aliphatic carbocycles. The number of halogens is 1. The molecule has 0 bridgehead atoms. The van der Waals surface area contributed by atoms with Crippen LogP contribution in [0.4, 0.5) is 4.39 Å². The molecule has 114 valence electrons. The number of rotatable bonds is 5. The Bertz CT molecular complexity index is 602. The van der Waals surface area contributed by atoms with Crippen LogP contribution in [0.15, 0.2) is 18.2 Å². The molecule has 5 heteroatoms. The Morgan fingerprint density at radius 1 is 1.24 bits per heavy atom. The van der Waals surface area contributed by atoms with Crippen LogP contribution in [0.1, 0.15) is 37.8 Å². The quantitative estimate of drug-likeness (QED) is 0.849. The molecule has 1 aromatic carbocycles. The van der Waals surface area contributed by atoms with Crippen molar-refractivity contribution in [3.05, 3.63) is 34.6 Å². The van der Waals surface area contributed by atoms with Crippen molar-refractivity contribution in [2.75, 3.05) is 6.54 Å². The van der Waals surface area contributed by atoms with Crippen LogP contribution in [0.2, 0.25) is 0 Å². The van der Waals surface area contributed by atoms with Crippen LogP contribution in [0.3, 0.4) is 0 Å². The van der Waals surface area contributed by atoms with Gasteiger partial charge < -0.3 is 5.32 Å². The Morgan fingerprint density at radius 2 is 2.00 bits per heavy atom. The van der Waals surface area contributed by atoms with Crippen LogP contribution in [0, 0.1) is 12.7 Å². The summed E-state index contributed by atoms with van der Waals surface area (Å²) in [5, 5.41) is 13.4. The predicted octanol–water partition coefficient (Wildman–Crippen LogP) is 3.97. The molecule has 0 unspecified atom stereocenters. The lowest BCUT2D eigenvalue weighted by Gasteiger charge is -2.20. The highest BCUT2D eigenvalue weighted by molar-refractivity contribution is 7.14. The number of hydrogen-bond donors (Lipinski definition) is 1. The van der Waals surface area contributed by atoms with Gasteiger partial charge in [0, 0.05) is 17.5 Å². The molecule has 0 aliphatic rings. The summed E-state index contributed by atoms with van der Waals surface area (Å²) in [6.45, 7) is 9.15. The first-order chi connectivity index (χ1) is 9.87. The van der Waals surface area contributed by atoms with E-state index in [1.54, 1.807) is 19.1 Å². The maximum absolute atomic E-state index is 14.1. The molecule has 0 saturated carbocycles. The normalized spacial score (nSPS) is 11.9. The molecule has 1 N–H and O–H groups in total. The maximum Gasteiger partial charge on any atom is 0.150 e. The zero-order valence-corrected chi connectivity index (χ0v) is 13.9. The van der Waals surface area contributed by atoms with Crippen LogP contribution < -0.4 is 5.32 Å². The Morgan fingerprint density at radius 3 is 2.71 bits per heavy atom. The van der Waals surface area contributed by atoms with Gasteiger partial charge >= 0.3 is 0 Å². The molecule has 0 atom stereocenters. The minimum absolute atomic E-state index is 0.136. The first kappa shape index (κ1) is 16.0. The first-order valence-corrected chi connectivity index (χ1v) is 8.01. The van der Waals surface area contributed by atoms with Gasteiger partial charge in [-0.05, 0) is 52.3 Å². The summed E-state index contributed by atoms with van der Waals surface area (Å²) >= 11 is 1.48. The van der Waals surface area contributed by atoms with Crippen molar-refractivity contribution < 1.29 is 4.39 Å². The van der Waals surface area contributed by atoms with Crippen LogP contribution in [-0.2, 0) is 6.42 Å². The first-order valence-electron chi connectivity index (χ1n) is 7.20. The number of aromatic nitrogens is 2. The zero-order valence-electron chi connectivity index (χ0n) is 13.0. The maximum atomic E-state index is 14.1. The highest BCUT2D eigenvalue weighted by atomic mass is 32.1. The summed E-state index contributed by atoms with van der Waals surface area (Å²) < 4.78 is 14.1. The lowest BCUT2D eigenvalue weighted by molar-refractivity contribution is 0.422. The number of nitrogens with one attached hydrogen (secondary N) is 1. The zero-order chi connectivity index (χ0) is 15.5. The van der Waals surface area contributed by atoms with Gasteiger partial charge in [0.05, 0.1) is 0 Å². The summed E-state index contributed by atoms with van der Waals surface area (Å²) in [6, 6.07) is 5.37. The smallest absolute Gasteiger partial charge is 0.150 e. The molecule has 0 amide bonds. The summed E-state index contributed by atoms with van der Waals surface area (Å²) in [5.74, 6) is -0.199. The third-order valence-corrected chi connectivity index (χ3v) is 4.13. The van der Waals surface area contributed by atoms with Gasteiger partial charge in [0.15, 0.2) is 5.01 Å². The van der Waals surface area contributed by atoms with Crippen molar-refractivity contribution in [2.24, 2.45) is 0 Å². The fourth-order valence-electron chi connectivity index (χ4n) is 1.98. The SMILES string of the molecule is Cc1cccc(-c2nnc(CCCNC(C)(C)C)s2)c1F. The molecule has 2 aromatic rings. The summed E-state index contributed by atoms with van der Waals surface area (Å²) in [6.07, 6.45) is 1.87. The average Bonchev–Trinajstić information content (AvgIpc) is 2.85. The molecule has 0 spiro atoms. The van der Waals surface area contributed by atoms with Crippen molar-refractivity contribution in [2.45, 2.75) is 46.1 Å². The average molecular weight is 307 g/mol. The number of nitrogens with zero attached hydrogens (tertiary/aromatic N) is 2. The molecule has 2 rings (SSSR count). The minimum Gasteiger partial charge on any atom is -0.312 e. The molecule has 1 aromatic heterocycles. The minimum atomic E-state index is -0.199. The largest absolute Gasteiger partial charge is 0.312 e. The van der Waals surface area contributed by atoms with E-state index in [0.29, 0.717) is 16.1 Å². The van der Waals surface area contributed by atoms with Crippen molar-refractivity contribution in [1.29, 1.82) is 0 Å². The Labute approximate surface area is 129 Å². The molecule has 0 aliphatic heterocycles. The second kappa shape index (κ2) is 6.62. The molecular weight excluding hydrogens is 285 g/mol. The van der Waals surface area contributed by atoms with Gasteiger partial charge in [0.1, 0.15) is 10.8 Å². The van der Waals surface area contributed by atoms with Crippen molar-refractivity contribution in [3.8, 4) is 10.6 Å². The van der Waals surface area contributed by atoms with Gasteiger partial charge in [0.25, 0.3) is 0 Å². The van der Waals surface area contributed by atoms with Gasteiger partial charge in [-0.15, -0.1) is 10.2 Å². The van der Waals surface area contributed by atoms with Gasteiger partial charge in [-0.3, -0.25) is 0 Å². The third kappa shape index (κ3) is 4.58. The fraction of sp³-hybridized carbons (Fsp3) is 0.500. The standard InChI is InChI=1S/C16H22FN3S/c1-11-7-5-8-12(14(11)17)15-20-19-13(21-15)9-6-10-18-16(2,3)4/h5,7-8,18H,6,9-10H2,1-4H3. The second-order valence-corrected chi connectivity index (χ2v) is 7.28. The van der Waals surface area contributed by atoms with E-state index in [1.807, 2.05) is 6.07 Å². The van der Waals surface area contributed by atoms with E-state index in [1.165, 1.54) is 11.3 Å². The van der Waals surface area contributed by atoms with E-state index < -0.39 is 0 Å². The van der Waals surface area contributed by atoms with Crippen molar-refractivity contribution in [3.63, 3.8) is 0 Å². The van der Waals surface area contributed by atoms with E-state index >= 15 is 0 Å². The number of hydrogen-bond acceptors (Lipinski definition) is 4. The second-order valence-electron chi connectivity index (χ2n) is 6.22. The molecule has 0 radical (unpaired) electrons. The topological polar surface area (TPSA) is 37.8 Å². The van der Waals surface area contributed by atoms with Crippen LogP contribution in [0.25, 0.3) is 10.6 Å². The summed E-state index contributed by atoms with van der Waals surface area (Å²) in [4.78, 5) is 0. The molecule has 21 heavy (non-hydrogen) atoms. The van der Waals surface area contributed by atoms with Crippen LogP contribution in [-0.4, -0.2) is 22.3 Å². The van der Waals surface area contributed by atoms with E-state index in [4.69, 9.17) is 0 Å². The van der Waals surface area contributed by atoms with E-state index in [0.717, 1.165) is 24.4 Å². The molecule has 0 saturated heterocycles. The highest BCUT2D eigenvalue weighted by Crippen LogP contribution is 2.27. The molecular formula is C16H22FN3S. The molecule has 3 nitrogen and oxygen atoms in total. The van der Waals surface area contributed by atoms with E-state index in [-0.39, 0.29) is 11.4 Å². The van der Waals surface area contributed by atoms with Crippen molar-refractivity contribution >= 4 is 11.3 Å². The molecule has 1 heterocycles. The number of aryl methyl sites for hydroxylation is 2. The number of benzene rings is 1. The monoisotopic (exact) mass is 307 g/mol. The third-order valence-electron chi connectivity index (χ3n) is 3.11. The Hall–Kier alpha value is -1.33. The molecule has 0 fully saturated rings. The predicted molar refractivity (Wildman–Crippen MR) is 86.1 cm³/mol.